The third-order valence-corrected chi connectivity index (χ3v) is 6.18. The number of carbonyl (C=O) groups is 1. The predicted octanol–water partition coefficient (Wildman–Crippen LogP) is 7.45. The molecule has 146 valence electrons. The summed E-state index contributed by atoms with van der Waals surface area (Å²) in [5, 5.41) is 4.87. The highest BCUT2D eigenvalue weighted by Gasteiger charge is 2.25. The van der Waals surface area contributed by atoms with Crippen LogP contribution in [-0.2, 0) is 4.79 Å². The maximum Gasteiger partial charge on any atom is 0.264 e. The molecule has 9 heteroatoms. The van der Waals surface area contributed by atoms with Gasteiger partial charge in [0.05, 0.1) is 25.7 Å². The van der Waals surface area contributed by atoms with Gasteiger partial charge in [0, 0.05) is 16.7 Å². The van der Waals surface area contributed by atoms with E-state index in [1.54, 1.807) is 54.6 Å². The van der Waals surface area contributed by atoms with Crippen LogP contribution in [0.1, 0.15) is 5.76 Å². The highest BCUT2D eigenvalue weighted by Crippen LogP contribution is 2.36. The van der Waals surface area contributed by atoms with Gasteiger partial charge in [-0.05, 0) is 54.2 Å². The summed E-state index contributed by atoms with van der Waals surface area (Å²) in [4.78, 5) is 17.1. The van der Waals surface area contributed by atoms with Gasteiger partial charge in [-0.15, -0.1) is 0 Å². The lowest BCUT2D eigenvalue weighted by Crippen LogP contribution is -2.19. The molecule has 1 N–H and O–H groups in total. The molecule has 0 atom stereocenters. The van der Waals surface area contributed by atoms with Crippen molar-refractivity contribution >= 4 is 81.0 Å². The molecule has 0 aliphatic carbocycles. The number of hydrogen-bond donors (Lipinski definition) is 1. The Labute approximate surface area is 190 Å². The maximum absolute atomic E-state index is 12.3. The Balaban J connectivity index is 1.59. The fraction of sp³-hybridized carbons (Fsp3) is 0. The molecular formula is C20H10Cl4N2O2S. The van der Waals surface area contributed by atoms with Gasteiger partial charge in [0.1, 0.15) is 11.5 Å². The van der Waals surface area contributed by atoms with E-state index in [4.69, 9.17) is 50.8 Å². The summed E-state index contributed by atoms with van der Waals surface area (Å²) in [7, 11) is 0. The van der Waals surface area contributed by atoms with Crippen LogP contribution < -0.4 is 5.32 Å². The first-order chi connectivity index (χ1) is 13.9. The Hall–Kier alpha value is -1.89. The van der Waals surface area contributed by atoms with E-state index < -0.39 is 0 Å². The molecule has 0 spiro atoms. The smallest absolute Gasteiger partial charge is 0.264 e. The van der Waals surface area contributed by atoms with Crippen molar-refractivity contribution in [3.63, 3.8) is 0 Å². The molecule has 29 heavy (non-hydrogen) atoms. The van der Waals surface area contributed by atoms with Crippen LogP contribution in [0.2, 0.25) is 20.1 Å². The molecule has 0 radical (unpaired) electrons. The standard InChI is InChI=1S/C20H10Cl4N2O2S/c21-10-4-6-13(22)12(8-10)16-7-5-11(28-16)9-17-19(27)26-20(29-17)25-15-3-1-2-14(23)18(15)24/h1-9H,(H,25,26,27)/b17-9-. The predicted molar refractivity (Wildman–Crippen MR) is 121 cm³/mol. The topological polar surface area (TPSA) is 54.6 Å². The van der Waals surface area contributed by atoms with E-state index in [-0.39, 0.29) is 5.91 Å². The molecule has 1 aliphatic rings. The maximum atomic E-state index is 12.3. The molecule has 2 heterocycles. The Bertz CT molecular complexity index is 1190. The van der Waals surface area contributed by atoms with Gasteiger partial charge in [0.15, 0.2) is 5.17 Å². The molecule has 1 saturated heterocycles. The van der Waals surface area contributed by atoms with Crippen LogP contribution in [0.5, 0.6) is 0 Å². The van der Waals surface area contributed by atoms with Crippen LogP contribution in [0.15, 0.2) is 62.8 Å². The summed E-state index contributed by atoms with van der Waals surface area (Å²) in [5.74, 6) is 0.758. The summed E-state index contributed by atoms with van der Waals surface area (Å²) in [6.07, 6.45) is 1.63. The Kier molecular flexibility index (Phi) is 5.95. The van der Waals surface area contributed by atoms with Crippen LogP contribution in [-0.4, -0.2) is 11.1 Å². The van der Waals surface area contributed by atoms with Crippen molar-refractivity contribution in [1.29, 1.82) is 0 Å². The molecule has 1 fully saturated rings. The summed E-state index contributed by atoms with van der Waals surface area (Å²) >= 11 is 25.6. The summed E-state index contributed by atoms with van der Waals surface area (Å²) < 4.78 is 5.81. The average Bonchev–Trinajstić information content (AvgIpc) is 3.28. The van der Waals surface area contributed by atoms with Crippen LogP contribution in [0.25, 0.3) is 17.4 Å². The minimum absolute atomic E-state index is 0.286. The average molecular weight is 484 g/mol. The van der Waals surface area contributed by atoms with Gasteiger partial charge in [-0.25, -0.2) is 4.99 Å². The number of amides is 1. The zero-order valence-electron chi connectivity index (χ0n) is 14.4. The molecule has 0 bridgehead atoms. The van der Waals surface area contributed by atoms with Gasteiger partial charge in [0.25, 0.3) is 5.91 Å². The lowest BCUT2D eigenvalue weighted by molar-refractivity contribution is -0.115. The second-order valence-electron chi connectivity index (χ2n) is 5.88. The quantitative estimate of drug-likeness (QED) is 0.393. The molecule has 2 aromatic carbocycles. The Morgan fingerprint density at radius 1 is 1.00 bits per heavy atom. The van der Waals surface area contributed by atoms with Crippen LogP contribution in [0.3, 0.4) is 0 Å². The second kappa shape index (κ2) is 8.46. The van der Waals surface area contributed by atoms with Crippen LogP contribution >= 0.6 is 58.2 Å². The zero-order chi connectivity index (χ0) is 20.5. The van der Waals surface area contributed by atoms with Gasteiger partial charge in [-0.2, -0.15) is 0 Å². The van der Waals surface area contributed by atoms with E-state index >= 15 is 0 Å². The van der Waals surface area contributed by atoms with Crippen LogP contribution in [0, 0.1) is 0 Å². The third kappa shape index (κ3) is 4.49. The van der Waals surface area contributed by atoms with Crippen molar-refractivity contribution in [3.8, 4) is 11.3 Å². The lowest BCUT2D eigenvalue weighted by Gasteiger charge is -2.01. The van der Waals surface area contributed by atoms with Crippen molar-refractivity contribution in [3.05, 3.63) is 79.3 Å². The molecular weight excluding hydrogens is 474 g/mol. The van der Waals surface area contributed by atoms with Gasteiger partial charge >= 0.3 is 0 Å². The Morgan fingerprint density at radius 3 is 2.66 bits per heavy atom. The number of amidine groups is 1. The van der Waals surface area contributed by atoms with E-state index in [9.17, 15) is 4.79 Å². The molecule has 1 aliphatic heterocycles. The van der Waals surface area contributed by atoms with Gasteiger partial charge < -0.3 is 9.73 Å². The molecule has 1 amide bonds. The van der Waals surface area contributed by atoms with Crippen molar-refractivity contribution in [2.24, 2.45) is 4.99 Å². The normalized spacial score (nSPS) is 16.6. The summed E-state index contributed by atoms with van der Waals surface area (Å²) in [5.41, 5.74) is 1.14. The van der Waals surface area contributed by atoms with E-state index in [0.717, 1.165) is 0 Å². The van der Waals surface area contributed by atoms with Crippen molar-refractivity contribution in [2.75, 3.05) is 0 Å². The number of benzene rings is 2. The van der Waals surface area contributed by atoms with E-state index in [2.05, 4.69) is 10.3 Å². The van der Waals surface area contributed by atoms with E-state index in [1.807, 2.05) is 0 Å². The van der Waals surface area contributed by atoms with Crippen molar-refractivity contribution < 1.29 is 9.21 Å². The summed E-state index contributed by atoms with van der Waals surface area (Å²) in [6.45, 7) is 0. The number of hydrogen-bond acceptors (Lipinski definition) is 4. The Morgan fingerprint density at radius 2 is 1.83 bits per heavy atom. The van der Waals surface area contributed by atoms with Crippen molar-refractivity contribution in [2.45, 2.75) is 0 Å². The van der Waals surface area contributed by atoms with Gasteiger partial charge in [-0.1, -0.05) is 52.5 Å². The number of furan rings is 1. The molecule has 0 saturated carbocycles. The summed E-state index contributed by atoms with van der Waals surface area (Å²) in [6, 6.07) is 13.7. The fourth-order valence-electron chi connectivity index (χ4n) is 2.56. The minimum atomic E-state index is -0.286. The largest absolute Gasteiger partial charge is 0.457 e. The highest BCUT2D eigenvalue weighted by atomic mass is 35.5. The second-order valence-corrected chi connectivity index (χ2v) is 8.54. The third-order valence-electron chi connectivity index (χ3n) is 3.90. The molecule has 0 unspecified atom stereocenters. The number of nitrogens with zero attached hydrogens (tertiary/aromatic N) is 1. The minimum Gasteiger partial charge on any atom is -0.457 e. The number of aliphatic imine (C=N–C) groups is 1. The fourth-order valence-corrected chi connectivity index (χ4v) is 4.09. The number of carbonyl (C=O) groups excluding carboxylic acids is 1. The lowest BCUT2D eigenvalue weighted by atomic mass is 10.2. The highest BCUT2D eigenvalue weighted by molar-refractivity contribution is 8.18. The van der Waals surface area contributed by atoms with Crippen molar-refractivity contribution in [1.82, 2.24) is 5.32 Å². The number of nitrogens with one attached hydrogen (secondary N) is 1. The molecule has 4 rings (SSSR count). The van der Waals surface area contributed by atoms with Crippen LogP contribution in [0.4, 0.5) is 5.69 Å². The first kappa shape index (κ1) is 20.4. The van der Waals surface area contributed by atoms with Gasteiger partial charge in [-0.3, -0.25) is 4.79 Å². The zero-order valence-corrected chi connectivity index (χ0v) is 18.2. The first-order valence-electron chi connectivity index (χ1n) is 8.19. The number of thioether (sulfide) groups is 1. The first-order valence-corrected chi connectivity index (χ1v) is 10.5. The SMILES string of the molecule is O=C1NC(=Nc2cccc(Cl)c2Cl)S/C1=C\c1ccc(-c2cc(Cl)ccc2Cl)o1. The van der Waals surface area contributed by atoms with E-state index in [1.165, 1.54) is 11.8 Å². The number of rotatable bonds is 3. The molecule has 1 aromatic heterocycles. The van der Waals surface area contributed by atoms with E-state index in [0.29, 0.717) is 52.9 Å². The molecule has 3 aromatic rings. The number of halogens is 4. The molecule has 4 nitrogen and oxygen atoms in total. The monoisotopic (exact) mass is 482 g/mol. The van der Waals surface area contributed by atoms with Gasteiger partial charge in [0.2, 0.25) is 0 Å².